The molecule has 0 radical (unpaired) electrons. The Morgan fingerprint density at radius 2 is 1.95 bits per heavy atom. The standard InChI is InChI=1S/C17H36N4O/c1-17(2,3)9-6-10-19-16(18-4)20-15-7-11-21(12-8-15)13-14-22-5/h15H,6-14H2,1-5H3,(H2,18,19,20). The Hall–Kier alpha value is -0.810. The number of likely N-dealkylation sites (tertiary alicyclic amines) is 1. The number of ether oxygens (including phenoxy) is 1. The highest BCUT2D eigenvalue weighted by atomic mass is 16.5. The van der Waals surface area contributed by atoms with E-state index >= 15 is 0 Å². The van der Waals surface area contributed by atoms with Crippen molar-refractivity contribution in [1.29, 1.82) is 0 Å². The van der Waals surface area contributed by atoms with E-state index in [-0.39, 0.29) is 0 Å². The molecular weight excluding hydrogens is 276 g/mol. The van der Waals surface area contributed by atoms with Gasteiger partial charge in [0, 0.05) is 46.4 Å². The Morgan fingerprint density at radius 1 is 1.27 bits per heavy atom. The van der Waals surface area contributed by atoms with Crippen LogP contribution in [-0.4, -0.2) is 63.8 Å². The Morgan fingerprint density at radius 3 is 2.50 bits per heavy atom. The second kappa shape index (κ2) is 10.1. The van der Waals surface area contributed by atoms with Crippen LogP contribution in [0.25, 0.3) is 0 Å². The van der Waals surface area contributed by atoms with Gasteiger partial charge >= 0.3 is 0 Å². The van der Waals surface area contributed by atoms with E-state index in [4.69, 9.17) is 4.74 Å². The van der Waals surface area contributed by atoms with Crippen LogP contribution in [0.4, 0.5) is 0 Å². The first-order valence-corrected chi connectivity index (χ1v) is 8.63. The number of methoxy groups -OCH3 is 1. The number of hydrogen-bond donors (Lipinski definition) is 2. The van der Waals surface area contributed by atoms with Crippen LogP contribution in [0.5, 0.6) is 0 Å². The monoisotopic (exact) mass is 312 g/mol. The molecule has 0 atom stereocenters. The van der Waals surface area contributed by atoms with Crippen LogP contribution >= 0.6 is 0 Å². The highest BCUT2D eigenvalue weighted by Crippen LogP contribution is 2.19. The molecule has 22 heavy (non-hydrogen) atoms. The third kappa shape index (κ3) is 8.59. The maximum Gasteiger partial charge on any atom is 0.191 e. The van der Waals surface area contributed by atoms with Gasteiger partial charge < -0.3 is 20.3 Å². The molecule has 5 nitrogen and oxygen atoms in total. The zero-order valence-corrected chi connectivity index (χ0v) is 15.2. The summed E-state index contributed by atoms with van der Waals surface area (Å²) in [7, 11) is 3.62. The van der Waals surface area contributed by atoms with Gasteiger partial charge in [-0.05, 0) is 31.1 Å². The van der Waals surface area contributed by atoms with E-state index in [0.717, 1.165) is 38.7 Å². The van der Waals surface area contributed by atoms with Crippen molar-refractivity contribution in [2.24, 2.45) is 10.4 Å². The summed E-state index contributed by atoms with van der Waals surface area (Å²) in [6.45, 7) is 12.0. The van der Waals surface area contributed by atoms with E-state index in [1.54, 1.807) is 7.11 Å². The molecule has 1 heterocycles. The maximum absolute atomic E-state index is 5.15. The molecule has 1 saturated heterocycles. The third-order valence-electron chi connectivity index (χ3n) is 4.16. The summed E-state index contributed by atoms with van der Waals surface area (Å²) in [5.74, 6) is 0.948. The van der Waals surface area contributed by atoms with Crippen LogP contribution in [-0.2, 0) is 4.74 Å². The predicted molar refractivity (Wildman–Crippen MR) is 94.5 cm³/mol. The molecule has 5 heteroatoms. The van der Waals surface area contributed by atoms with E-state index in [2.05, 4.69) is 41.3 Å². The quantitative estimate of drug-likeness (QED) is 0.429. The fourth-order valence-electron chi connectivity index (χ4n) is 2.73. The molecule has 2 N–H and O–H groups in total. The normalized spacial score (nSPS) is 18.5. The van der Waals surface area contributed by atoms with Crippen LogP contribution < -0.4 is 10.6 Å². The molecule has 0 bridgehead atoms. The minimum atomic E-state index is 0.410. The number of nitrogens with one attached hydrogen (secondary N) is 2. The minimum absolute atomic E-state index is 0.410. The lowest BCUT2D eigenvalue weighted by Crippen LogP contribution is -2.49. The van der Waals surface area contributed by atoms with Crippen molar-refractivity contribution < 1.29 is 4.74 Å². The lowest BCUT2D eigenvalue weighted by Gasteiger charge is -2.32. The number of hydrogen-bond acceptors (Lipinski definition) is 3. The molecule has 1 aliphatic heterocycles. The first-order chi connectivity index (χ1) is 10.4. The summed E-state index contributed by atoms with van der Waals surface area (Å²) in [4.78, 5) is 6.82. The molecule has 1 rings (SSSR count). The molecule has 0 spiro atoms. The molecule has 130 valence electrons. The van der Waals surface area contributed by atoms with E-state index in [1.807, 2.05) is 7.05 Å². The van der Waals surface area contributed by atoms with Crippen molar-refractivity contribution in [1.82, 2.24) is 15.5 Å². The number of guanidine groups is 1. The van der Waals surface area contributed by atoms with Gasteiger partial charge in [0.25, 0.3) is 0 Å². The van der Waals surface area contributed by atoms with Gasteiger partial charge in [-0.1, -0.05) is 20.8 Å². The van der Waals surface area contributed by atoms with Crippen molar-refractivity contribution in [3.05, 3.63) is 0 Å². The van der Waals surface area contributed by atoms with Gasteiger partial charge in [0.05, 0.1) is 6.61 Å². The van der Waals surface area contributed by atoms with Crippen molar-refractivity contribution in [3.63, 3.8) is 0 Å². The molecule has 0 aliphatic carbocycles. The molecule has 0 aromatic carbocycles. The lowest BCUT2D eigenvalue weighted by molar-refractivity contribution is 0.128. The van der Waals surface area contributed by atoms with Gasteiger partial charge in [-0.3, -0.25) is 4.99 Å². The molecule has 0 saturated carbocycles. The van der Waals surface area contributed by atoms with Gasteiger partial charge in [-0.15, -0.1) is 0 Å². The smallest absolute Gasteiger partial charge is 0.191 e. The Labute approximate surface area is 136 Å². The number of piperidine rings is 1. The minimum Gasteiger partial charge on any atom is -0.383 e. The van der Waals surface area contributed by atoms with Crippen molar-refractivity contribution in [2.45, 2.75) is 52.5 Å². The van der Waals surface area contributed by atoms with Crippen LogP contribution in [0.1, 0.15) is 46.5 Å². The van der Waals surface area contributed by atoms with Gasteiger partial charge in [-0.2, -0.15) is 0 Å². The topological polar surface area (TPSA) is 48.9 Å². The van der Waals surface area contributed by atoms with Crippen molar-refractivity contribution in [2.75, 3.05) is 46.9 Å². The van der Waals surface area contributed by atoms with Gasteiger partial charge in [-0.25, -0.2) is 0 Å². The number of rotatable bonds is 7. The summed E-state index contributed by atoms with van der Waals surface area (Å²) < 4.78 is 5.15. The van der Waals surface area contributed by atoms with Gasteiger partial charge in [0.2, 0.25) is 0 Å². The van der Waals surface area contributed by atoms with E-state index in [1.165, 1.54) is 25.7 Å². The zero-order chi connectivity index (χ0) is 16.4. The highest BCUT2D eigenvalue weighted by molar-refractivity contribution is 5.79. The molecule has 0 aromatic heterocycles. The molecule has 1 aliphatic rings. The maximum atomic E-state index is 5.15. The Kier molecular flexibility index (Phi) is 8.79. The van der Waals surface area contributed by atoms with Crippen LogP contribution in [0, 0.1) is 5.41 Å². The van der Waals surface area contributed by atoms with Gasteiger partial charge in [0.15, 0.2) is 5.96 Å². The van der Waals surface area contributed by atoms with E-state index < -0.39 is 0 Å². The average molecular weight is 313 g/mol. The second-order valence-corrected chi connectivity index (χ2v) is 7.42. The summed E-state index contributed by atoms with van der Waals surface area (Å²) in [5.41, 5.74) is 0.410. The molecule has 0 unspecified atom stereocenters. The fourth-order valence-corrected chi connectivity index (χ4v) is 2.73. The zero-order valence-electron chi connectivity index (χ0n) is 15.2. The third-order valence-corrected chi connectivity index (χ3v) is 4.16. The largest absolute Gasteiger partial charge is 0.383 e. The summed E-state index contributed by atoms with van der Waals surface area (Å²) in [6, 6.07) is 0.535. The highest BCUT2D eigenvalue weighted by Gasteiger charge is 2.19. The second-order valence-electron chi connectivity index (χ2n) is 7.42. The number of nitrogens with zero attached hydrogens (tertiary/aromatic N) is 2. The number of aliphatic imine (C=N–C) groups is 1. The van der Waals surface area contributed by atoms with Crippen LogP contribution in [0.3, 0.4) is 0 Å². The molecule has 1 fully saturated rings. The van der Waals surface area contributed by atoms with E-state index in [9.17, 15) is 0 Å². The van der Waals surface area contributed by atoms with Crippen LogP contribution in [0.15, 0.2) is 4.99 Å². The Bertz CT molecular complexity index is 317. The van der Waals surface area contributed by atoms with Crippen molar-refractivity contribution >= 4 is 5.96 Å². The predicted octanol–water partition coefficient (Wildman–Crippen LogP) is 2.09. The van der Waals surface area contributed by atoms with Crippen molar-refractivity contribution in [3.8, 4) is 0 Å². The summed E-state index contributed by atoms with van der Waals surface area (Å²) in [6.07, 6.45) is 4.76. The first-order valence-electron chi connectivity index (χ1n) is 8.63. The van der Waals surface area contributed by atoms with E-state index in [0.29, 0.717) is 11.5 Å². The first kappa shape index (κ1) is 19.2. The SMILES string of the molecule is CN=C(NCCCC(C)(C)C)NC1CCN(CCOC)CC1. The molecule has 0 aromatic rings. The molecule has 0 amide bonds. The average Bonchev–Trinajstić information content (AvgIpc) is 2.48. The summed E-state index contributed by atoms with van der Waals surface area (Å²) in [5, 5.41) is 7.00. The van der Waals surface area contributed by atoms with Gasteiger partial charge in [0.1, 0.15) is 0 Å². The Balaban J connectivity index is 2.19. The molecular formula is C17H36N4O. The summed E-state index contributed by atoms with van der Waals surface area (Å²) >= 11 is 0. The fraction of sp³-hybridized carbons (Fsp3) is 0.941. The van der Waals surface area contributed by atoms with Crippen LogP contribution in [0.2, 0.25) is 0 Å². The lowest BCUT2D eigenvalue weighted by atomic mass is 9.91.